The fraction of sp³-hybridized carbons (Fsp3) is 0.385. The molecule has 2 heterocycles. The molecule has 0 N–H and O–H groups in total. The molecule has 19 heavy (non-hydrogen) atoms. The highest BCUT2D eigenvalue weighted by molar-refractivity contribution is 7.99. The Hall–Kier alpha value is -0.710. The second-order valence-corrected chi connectivity index (χ2v) is 5.42. The van der Waals surface area contributed by atoms with Crippen LogP contribution < -0.4 is 0 Å². The first-order valence-corrected chi connectivity index (χ1v) is 7.42. The Morgan fingerprint density at radius 3 is 2.89 bits per heavy atom. The molecule has 104 valence electrons. The Morgan fingerprint density at radius 2 is 2.21 bits per heavy atom. The fourth-order valence-corrected chi connectivity index (χ4v) is 2.95. The maximum atomic E-state index is 5.85. The molecule has 3 nitrogen and oxygen atoms in total. The van der Waals surface area contributed by atoms with Gasteiger partial charge in [0.25, 0.3) is 0 Å². The molecule has 0 unspecified atom stereocenters. The predicted octanol–water partition coefficient (Wildman–Crippen LogP) is 3.93. The van der Waals surface area contributed by atoms with E-state index < -0.39 is 0 Å². The van der Waals surface area contributed by atoms with Gasteiger partial charge in [-0.2, -0.15) is 0 Å². The minimum atomic E-state index is 0. The number of imidazole rings is 1. The van der Waals surface area contributed by atoms with E-state index in [1.165, 1.54) is 10.5 Å². The lowest BCUT2D eigenvalue weighted by Gasteiger charge is -2.08. The summed E-state index contributed by atoms with van der Waals surface area (Å²) in [6.07, 6.45) is 8.62. The highest BCUT2D eigenvalue weighted by Crippen LogP contribution is 2.24. The van der Waals surface area contributed by atoms with Crippen molar-refractivity contribution in [2.24, 2.45) is 0 Å². The monoisotopic (exact) mass is 317 g/mol. The molecular weight excluding hydrogens is 301 g/mol. The Labute approximate surface area is 129 Å². The summed E-state index contributed by atoms with van der Waals surface area (Å²) in [5.74, 6) is 1.57. The molecule has 2 aromatic rings. The first-order valence-electron chi connectivity index (χ1n) is 5.90. The van der Waals surface area contributed by atoms with Gasteiger partial charge in [-0.1, -0.05) is 0 Å². The van der Waals surface area contributed by atoms with Crippen LogP contribution in [0.3, 0.4) is 0 Å². The summed E-state index contributed by atoms with van der Waals surface area (Å²) < 4.78 is 2.10. The summed E-state index contributed by atoms with van der Waals surface area (Å²) in [5, 5.41) is 0. The van der Waals surface area contributed by atoms with Crippen LogP contribution in [0.15, 0.2) is 35.9 Å². The van der Waals surface area contributed by atoms with Gasteiger partial charge in [-0.3, -0.25) is 4.98 Å². The van der Waals surface area contributed by atoms with E-state index in [1.54, 1.807) is 0 Å². The Kier molecular flexibility index (Phi) is 7.28. The lowest BCUT2D eigenvalue weighted by Crippen LogP contribution is -1.97. The van der Waals surface area contributed by atoms with Gasteiger partial charge in [0.1, 0.15) is 0 Å². The summed E-state index contributed by atoms with van der Waals surface area (Å²) in [4.78, 5) is 9.58. The normalized spacial score (nSPS) is 10.2. The van der Waals surface area contributed by atoms with Gasteiger partial charge in [0.05, 0.1) is 17.9 Å². The smallest absolute Gasteiger partial charge is 0.0945 e. The number of rotatable bonds is 6. The number of aromatic nitrogens is 3. The molecule has 0 saturated carbocycles. The summed E-state index contributed by atoms with van der Waals surface area (Å²) in [6.45, 7) is 3.10. The third-order valence-corrected chi connectivity index (χ3v) is 4.26. The topological polar surface area (TPSA) is 30.7 Å². The van der Waals surface area contributed by atoms with Gasteiger partial charge < -0.3 is 4.57 Å². The summed E-state index contributed by atoms with van der Waals surface area (Å²) in [5.41, 5.74) is 2.19. The summed E-state index contributed by atoms with van der Waals surface area (Å²) >= 11 is 7.72. The molecule has 0 fully saturated rings. The van der Waals surface area contributed by atoms with Crippen LogP contribution in [0.25, 0.3) is 0 Å². The third kappa shape index (κ3) is 4.71. The van der Waals surface area contributed by atoms with Crippen LogP contribution in [0.1, 0.15) is 17.7 Å². The van der Waals surface area contributed by atoms with Crippen molar-refractivity contribution < 1.29 is 0 Å². The minimum absolute atomic E-state index is 0. The van der Waals surface area contributed by atoms with Crippen molar-refractivity contribution in [2.75, 3.05) is 5.75 Å². The molecule has 0 bridgehead atoms. The number of alkyl halides is 1. The minimum Gasteiger partial charge on any atom is -0.337 e. The molecule has 0 saturated heterocycles. The van der Waals surface area contributed by atoms with Gasteiger partial charge in [0.15, 0.2) is 0 Å². The first-order chi connectivity index (χ1) is 8.81. The van der Waals surface area contributed by atoms with Gasteiger partial charge in [-0.15, -0.1) is 35.8 Å². The van der Waals surface area contributed by atoms with E-state index in [1.807, 2.05) is 36.7 Å². The molecule has 0 aliphatic carbocycles. The van der Waals surface area contributed by atoms with Crippen LogP contribution in [0.5, 0.6) is 0 Å². The highest BCUT2D eigenvalue weighted by atomic mass is 35.5. The number of halogens is 2. The SMILES string of the molecule is Cc1c(SCCCn2ccnc2)ccnc1CCl.Cl. The van der Waals surface area contributed by atoms with Crippen molar-refractivity contribution >= 4 is 35.8 Å². The van der Waals surface area contributed by atoms with Crippen LogP contribution >= 0.6 is 35.8 Å². The lowest BCUT2D eigenvalue weighted by atomic mass is 10.2. The number of pyridine rings is 1. The fourth-order valence-electron chi connectivity index (χ4n) is 1.70. The zero-order valence-corrected chi connectivity index (χ0v) is 13.1. The number of thioether (sulfide) groups is 1. The average Bonchev–Trinajstić information content (AvgIpc) is 2.89. The van der Waals surface area contributed by atoms with E-state index in [-0.39, 0.29) is 12.4 Å². The molecule has 2 aromatic heterocycles. The molecule has 0 spiro atoms. The van der Waals surface area contributed by atoms with E-state index in [4.69, 9.17) is 11.6 Å². The molecule has 0 atom stereocenters. The first kappa shape index (κ1) is 16.3. The van der Waals surface area contributed by atoms with Crippen LogP contribution in [0.4, 0.5) is 0 Å². The second kappa shape index (κ2) is 8.46. The molecule has 0 radical (unpaired) electrons. The van der Waals surface area contributed by atoms with Gasteiger partial charge in [0, 0.05) is 30.0 Å². The van der Waals surface area contributed by atoms with Crippen LogP contribution in [-0.4, -0.2) is 20.3 Å². The maximum absolute atomic E-state index is 5.85. The standard InChI is InChI=1S/C13H16ClN3S.ClH/c1-11-12(9-14)16-4-3-13(11)18-8-2-6-17-7-5-15-10-17;/h3-5,7,10H,2,6,8-9H2,1H3;1H. The van der Waals surface area contributed by atoms with Crippen molar-refractivity contribution in [3.8, 4) is 0 Å². The Morgan fingerprint density at radius 1 is 1.37 bits per heavy atom. The molecule has 0 aromatic carbocycles. The van der Waals surface area contributed by atoms with E-state index in [0.29, 0.717) is 5.88 Å². The highest BCUT2D eigenvalue weighted by Gasteiger charge is 2.04. The number of aryl methyl sites for hydroxylation is 1. The Balaban J connectivity index is 0.00000180. The molecule has 0 aliphatic rings. The van der Waals surface area contributed by atoms with Crippen LogP contribution in [0, 0.1) is 6.92 Å². The summed E-state index contributed by atoms with van der Waals surface area (Å²) in [7, 11) is 0. The quantitative estimate of drug-likeness (QED) is 0.459. The van der Waals surface area contributed by atoms with Gasteiger partial charge >= 0.3 is 0 Å². The van der Waals surface area contributed by atoms with Gasteiger partial charge in [-0.05, 0) is 30.7 Å². The van der Waals surface area contributed by atoms with Crippen molar-refractivity contribution in [1.82, 2.24) is 14.5 Å². The van der Waals surface area contributed by atoms with E-state index in [2.05, 4.69) is 27.5 Å². The van der Waals surface area contributed by atoms with E-state index in [0.717, 1.165) is 24.4 Å². The van der Waals surface area contributed by atoms with Crippen LogP contribution in [0.2, 0.25) is 0 Å². The number of hydrogen-bond acceptors (Lipinski definition) is 3. The number of hydrogen-bond donors (Lipinski definition) is 0. The third-order valence-electron chi connectivity index (χ3n) is 2.76. The predicted molar refractivity (Wildman–Crippen MR) is 83.3 cm³/mol. The zero-order valence-electron chi connectivity index (χ0n) is 10.8. The molecule has 0 amide bonds. The molecule has 0 aliphatic heterocycles. The van der Waals surface area contributed by atoms with Crippen molar-refractivity contribution in [3.05, 3.63) is 42.2 Å². The molecule has 6 heteroatoms. The zero-order chi connectivity index (χ0) is 12.8. The van der Waals surface area contributed by atoms with E-state index >= 15 is 0 Å². The largest absolute Gasteiger partial charge is 0.337 e. The molecular formula is C13H17Cl2N3S. The average molecular weight is 318 g/mol. The Bertz CT molecular complexity index is 489. The molecule has 2 rings (SSSR count). The second-order valence-electron chi connectivity index (χ2n) is 4.02. The van der Waals surface area contributed by atoms with Gasteiger partial charge in [-0.25, -0.2) is 4.98 Å². The van der Waals surface area contributed by atoms with Crippen molar-refractivity contribution in [1.29, 1.82) is 0 Å². The van der Waals surface area contributed by atoms with Crippen LogP contribution in [-0.2, 0) is 12.4 Å². The maximum Gasteiger partial charge on any atom is 0.0945 e. The van der Waals surface area contributed by atoms with Crippen molar-refractivity contribution in [3.63, 3.8) is 0 Å². The number of nitrogens with zero attached hydrogens (tertiary/aromatic N) is 3. The summed E-state index contributed by atoms with van der Waals surface area (Å²) in [6, 6.07) is 2.06. The van der Waals surface area contributed by atoms with Crippen molar-refractivity contribution in [2.45, 2.75) is 30.7 Å². The van der Waals surface area contributed by atoms with E-state index in [9.17, 15) is 0 Å². The lowest BCUT2D eigenvalue weighted by molar-refractivity contribution is 0.683. The van der Waals surface area contributed by atoms with Gasteiger partial charge in [0.2, 0.25) is 0 Å².